The highest BCUT2D eigenvalue weighted by Crippen LogP contribution is 2.49. The third kappa shape index (κ3) is 3.30. The van der Waals surface area contributed by atoms with Crippen LogP contribution in [-0.4, -0.2) is 32.3 Å². The van der Waals surface area contributed by atoms with E-state index in [0.29, 0.717) is 30.4 Å². The van der Waals surface area contributed by atoms with Crippen LogP contribution < -0.4 is 9.47 Å². The number of hydrogen-bond acceptors (Lipinski definition) is 6. The summed E-state index contributed by atoms with van der Waals surface area (Å²) in [6.45, 7) is 5.60. The lowest BCUT2D eigenvalue weighted by Crippen LogP contribution is -2.13. The van der Waals surface area contributed by atoms with E-state index in [-0.39, 0.29) is 23.2 Å². The summed E-state index contributed by atoms with van der Waals surface area (Å²) in [6.07, 6.45) is 1.74. The van der Waals surface area contributed by atoms with Crippen LogP contribution in [0.1, 0.15) is 50.7 Å². The molecule has 0 saturated carbocycles. The lowest BCUT2D eigenvalue weighted by Gasteiger charge is -2.26. The lowest BCUT2D eigenvalue weighted by atomic mass is 9.90. The van der Waals surface area contributed by atoms with Gasteiger partial charge >= 0.3 is 0 Å². The molecule has 0 heterocycles. The summed E-state index contributed by atoms with van der Waals surface area (Å²) in [6, 6.07) is 0. The Kier molecular flexibility index (Phi) is 6.08. The highest BCUT2D eigenvalue weighted by Gasteiger charge is 2.30. The second-order valence-electron chi connectivity index (χ2n) is 5.15. The minimum absolute atomic E-state index is 0.118. The van der Waals surface area contributed by atoms with Crippen LogP contribution in [0.25, 0.3) is 0 Å². The molecule has 1 aromatic carbocycles. The van der Waals surface area contributed by atoms with Crippen molar-refractivity contribution in [2.45, 2.75) is 50.8 Å². The first kappa shape index (κ1) is 18.6. The Labute approximate surface area is 131 Å². The molecule has 0 aromatic heterocycles. The predicted octanol–water partition coefficient (Wildman–Crippen LogP) is 2.78. The van der Waals surface area contributed by atoms with Crippen LogP contribution in [0.3, 0.4) is 0 Å². The molecule has 22 heavy (non-hydrogen) atoms. The van der Waals surface area contributed by atoms with E-state index >= 15 is 0 Å². The molecule has 0 spiro atoms. The lowest BCUT2D eigenvalue weighted by molar-refractivity contribution is 0.320. The summed E-state index contributed by atoms with van der Waals surface area (Å²) in [4.78, 5) is -0.428. The first-order valence-electron chi connectivity index (χ1n) is 7.19. The van der Waals surface area contributed by atoms with Crippen molar-refractivity contribution < 1.29 is 27.6 Å². The number of hydrogen-bond donors (Lipinski definition) is 1. The summed E-state index contributed by atoms with van der Waals surface area (Å²) in [5, 5.41) is 10.4. The molecule has 0 radical (unpaired) electrons. The second-order valence-corrected chi connectivity index (χ2v) is 6.47. The van der Waals surface area contributed by atoms with E-state index in [0.717, 1.165) is 0 Å². The maximum atomic E-state index is 11.8. The van der Waals surface area contributed by atoms with Crippen LogP contribution >= 0.6 is 0 Å². The Bertz CT molecular complexity index is 636. The minimum atomic E-state index is -4.79. The number of methoxy groups -OCH3 is 2. The molecule has 7 heteroatoms. The van der Waals surface area contributed by atoms with Gasteiger partial charge in [-0.05, 0) is 24.3 Å². The van der Waals surface area contributed by atoms with Gasteiger partial charge in [0.1, 0.15) is 15.0 Å². The van der Waals surface area contributed by atoms with Crippen molar-refractivity contribution in [2.75, 3.05) is 14.2 Å². The minimum Gasteiger partial charge on any atom is -0.744 e. The summed E-state index contributed by atoms with van der Waals surface area (Å²) in [7, 11) is -2.26. The van der Waals surface area contributed by atoms with Crippen molar-refractivity contribution in [1.82, 2.24) is 0 Å². The molecule has 1 aromatic rings. The van der Waals surface area contributed by atoms with E-state index in [9.17, 15) is 18.1 Å². The summed E-state index contributed by atoms with van der Waals surface area (Å²) >= 11 is 0. The van der Waals surface area contributed by atoms with Crippen LogP contribution in [0, 0.1) is 0 Å². The average Bonchev–Trinajstić information content (AvgIpc) is 2.46. The van der Waals surface area contributed by atoms with Gasteiger partial charge in [-0.2, -0.15) is 0 Å². The summed E-state index contributed by atoms with van der Waals surface area (Å²) < 4.78 is 45.6. The van der Waals surface area contributed by atoms with Gasteiger partial charge in [-0.1, -0.05) is 27.2 Å². The van der Waals surface area contributed by atoms with Crippen LogP contribution in [0.4, 0.5) is 0 Å². The SMILES string of the molecule is CCCc1c(O)c(OC)c(OC)c(S(=O)(=O)[O-])c1C(C)CC. The van der Waals surface area contributed by atoms with Crippen molar-refractivity contribution >= 4 is 10.1 Å². The van der Waals surface area contributed by atoms with E-state index in [1.807, 2.05) is 20.8 Å². The molecule has 1 rings (SSSR count). The van der Waals surface area contributed by atoms with Crippen molar-refractivity contribution in [3.05, 3.63) is 11.1 Å². The molecule has 0 bridgehead atoms. The fourth-order valence-corrected chi connectivity index (χ4v) is 3.58. The van der Waals surface area contributed by atoms with Crippen LogP contribution in [0.2, 0.25) is 0 Å². The average molecular weight is 331 g/mol. The predicted molar refractivity (Wildman–Crippen MR) is 81.9 cm³/mol. The number of phenols is 1. The van der Waals surface area contributed by atoms with Crippen molar-refractivity contribution in [3.63, 3.8) is 0 Å². The van der Waals surface area contributed by atoms with E-state index in [2.05, 4.69) is 0 Å². The van der Waals surface area contributed by atoms with Gasteiger partial charge in [-0.3, -0.25) is 0 Å². The van der Waals surface area contributed by atoms with Crippen LogP contribution in [-0.2, 0) is 16.5 Å². The number of aromatic hydroxyl groups is 1. The van der Waals surface area contributed by atoms with Gasteiger partial charge in [0.15, 0.2) is 11.5 Å². The zero-order valence-corrected chi connectivity index (χ0v) is 14.4. The number of phenolic OH excluding ortho intramolecular Hbond substituents is 1. The topological polar surface area (TPSA) is 95.9 Å². The van der Waals surface area contributed by atoms with Gasteiger partial charge in [0.05, 0.1) is 14.2 Å². The van der Waals surface area contributed by atoms with Gasteiger partial charge in [-0.15, -0.1) is 0 Å². The van der Waals surface area contributed by atoms with Gasteiger partial charge in [0, 0.05) is 5.56 Å². The maximum absolute atomic E-state index is 11.8. The molecule has 1 atom stereocenters. The Morgan fingerprint density at radius 2 is 1.73 bits per heavy atom. The summed E-state index contributed by atoms with van der Waals surface area (Å²) in [5.74, 6) is -0.729. The molecule has 0 fully saturated rings. The fourth-order valence-electron chi connectivity index (χ4n) is 2.59. The molecule has 0 amide bonds. The third-order valence-electron chi connectivity index (χ3n) is 3.75. The Morgan fingerprint density at radius 1 is 1.18 bits per heavy atom. The van der Waals surface area contributed by atoms with E-state index in [4.69, 9.17) is 9.47 Å². The standard InChI is InChI=1S/C15H24O6S/c1-6-8-10-11(9(3)7-2)15(22(17,18)19)14(21-5)13(20-4)12(10)16/h9,16H,6-8H2,1-5H3,(H,17,18,19)/p-1. The number of rotatable bonds is 7. The zero-order chi connectivity index (χ0) is 17.1. The fraction of sp³-hybridized carbons (Fsp3) is 0.600. The smallest absolute Gasteiger partial charge is 0.204 e. The van der Waals surface area contributed by atoms with Gasteiger partial charge < -0.3 is 19.1 Å². The first-order valence-corrected chi connectivity index (χ1v) is 8.60. The molecule has 0 aliphatic rings. The molecule has 0 saturated heterocycles. The maximum Gasteiger partial charge on any atom is 0.204 e. The van der Waals surface area contributed by atoms with E-state index in [1.54, 1.807) is 0 Å². The Morgan fingerprint density at radius 3 is 2.09 bits per heavy atom. The molecule has 6 nitrogen and oxygen atoms in total. The van der Waals surface area contributed by atoms with Crippen molar-refractivity contribution in [1.29, 1.82) is 0 Å². The number of benzene rings is 1. The van der Waals surface area contributed by atoms with E-state index < -0.39 is 15.0 Å². The van der Waals surface area contributed by atoms with Gasteiger partial charge in [0.2, 0.25) is 5.75 Å². The first-order chi connectivity index (χ1) is 10.2. The third-order valence-corrected chi connectivity index (χ3v) is 4.65. The molecular weight excluding hydrogens is 308 g/mol. The van der Waals surface area contributed by atoms with Gasteiger partial charge in [-0.25, -0.2) is 8.42 Å². The molecule has 1 unspecified atom stereocenters. The Hall–Kier alpha value is -1.47. The molecule has 126 valence electrons. The normalized spacial score (nSPS) is 13.0. The highest BCUT2D eigenvalue weighted by atomic mass is 32.2. The van der Waals surface area contributed by atoms with Crippen molar-refractivity contribution in [2.24, 2.45) is 0 Å². The van der Waals surface area contributed by atoms with Crippen LogP contribution in [0.5, 0.6) is 17.2 Å². The van der Waals surface area contributed by atoms with Crippen molar-refractivity contribution in [3.8, 4) is 17.2 Å². The Balaban J connectivity index is 4.02. The molecular formula is C15H23O6S-. The van der Waals surface area contributed by atoms with Crippen LogP contribution in [0.15, 0.2) is 4.90 Å². The molecule has 0 aliphatic carbocycles. The molecule has 1 N–H and O–H groups in total. The zero-order valence-electron chi connectivity index (χ0n) is 13.6. The molecule has 0 aliphatic heterocycles. The van der Waals surface area contributed by atoms with E-state index in [1.165, 1.54) is 14.2 Å². The second kappa shape index (κ2) is 7.19. The van der Waals surface area contributed by atoms with Gasteiger partial charge in [0.25, 0.3) is 0 Å². The number of ether oxygens (including phenoxy) is 2. The summed E-state index contributed by atoms with van der Waals surface area (Å²) in [5.41, 5.74) is 0.762. The highest BCUT2D eigenvalue weighted by molar-refractivity contribution is 7.86. The quantitative estimate of drug-likeness (QED) is 0.772. The largest absolute Gasteiger partial charge is 0.744 e. The monoisotopic (exact) mass is 331 g/mol.